The van der Waals surface area contributed by atoms with Crippen LogP contribution in [0.1, 0.15) is 12.8 Å². The van der Waals surface area contributed by atoms with Gasteiger partial charge < -0.3 is 19.5 Å². The SMILES string of the molecule is O=C(O)C1COCCN1C(=O)CCCOc1ccc(F)cc1. The first kappa shape index (κ1) is 16.2. The Morgan fingerprint density at radius 1 is 1.36 bits per heavy atom. The van der Waals surface area contributed by atoms with E-state index in [-0.39, 0.29) is 31.3 Å². The van der Waals surface area contributed by atoms with E-state index >= 15 is 0 Å². The lowest BCUT2D eigenvalue weighted by atomic mass is 10.2. The van der Waals surface area contributed by atoms with Crippen molar-refractivity contribution in [1.29, 1.82) is 0 Å². The van der Waals surface area contributed by atoms with Crippen LogP contribution in [0.25, 0.3) is 0 Å². The van der Waals surface area contributed by atoms with Gasteiger partial charge in [0.25, 0.3) is 0 Å². The third-order valence-corrected chi connectivity index (χ3v) is 3.35. The third-order valence-electron chi connectivity index (χ3n) is 3.35. The summed E-state index contributed by atoms with van der Waals surface area (Å²) < 4.78 is 23.2. The highest BCUT2D eigenvalue weighted by atomic mass is 19.1. The van der Waals surface area contributed by atoms with Crippen LogP contribution in [-0.2, 0) is 14.3 Å². The molecule has 2 rings (SSSR count). The summed E-state index contributed by atoms with van der Waals surface area (Å²) in [6.07, 6.45) is 0.658. The molecule has 1 aliphatic rings. The number of halogens is 1. The number of hydrogen-bond donors (Lipinski definition) is 1. The summed E-state index contributed by atoms with van der Waals surface area (Å²) >= 11 is 0. The van der Waals surface area contributed by atoms with Crippen LogP contribution < -0.4 is 4.74 Å². The van der Waals surface area contributed by atoms with Crippen LogP contribution in [0, 0.1) is 5.82 Å². The monoisotopic (exact) mass is 311 g/mol. The van der Waals surface area contributed by atoms with E-state index in [1.54, 1.807) is 0 Å². The molecule has 120 valence electrons. The number of ether oxygens (including phenoxy) is 2. The molecule has 0 aromatic heterocycles. The number of morpholine rings is 1. The molecule has 1 aliphatic heterocycles. The van der Waals surface area contributed by atoms with Crippen LogP contribution in [0.5, 0.6) is 5.75 Å². The zero-order chi connectivity index (χ0) is 15.9. The van der Waals surface area contributed by atoms with Gasteiger partial charge in [-0.05, 0) is 30.7 Å². The minimum absolute atomic E-state index is 0.0210. The average Bonchev–Trinajstić information content (AvgIpc) is 2.53. The molecule has 1 aromatic carbocycles. The van der Waals surface area contributed by atoms with E-state index in [1.165, 1.54) is 29.2 Å². The highest BCUT2D eigenvalue weighted by molar-refractivity contribution is 5.83. The molecule has 1 unspecified atom stereocenters. The van der Waals surface area contributed by atoms with Crippen molar-refractivity contribution in [2.24, 2.45) is 0 Å². The molecule has 6 nitrogen and oxygen atoms in total. The third kappa shape index (κ3) is 4.42. The van der Waals surface area contributed by atoms with Gasteiger partial charge >= 0.3 is 5.97 Å². The first-order chi connectivity index (χ1) is 10.6. The first-order valence-corrected chi connectivity index (χ1v) is 7.06. The van der Waals surface area contributed by atoms with Crippen molar-refractivity contribution in [2.75, 3.05) is 26.4 Å². The Bertz CT molecular complexity index is 519. The van der Waals surface area contributed by atoms with Crippen LogP contribution >= 0.6 is 0 Å². The second-order valence-corrected chi connectivity index (χ2v) is 4.92. The topological polar surface area (TPSA) is 76.1 Å². The number of benzene rings is 1. The number of carbonyl (C=O) groups is 2. The molecule has 0 saturated carbocycles. The van der Waals surface area contributed by atoms with Crippen molar-refractivity contribution in [1.82, 2.24) is 4.90 Å². The molecule has 0 aliphatic carbocycles. The number of carboxylic acids is 1. The minimum atomic E-state index is -1.06. The fourth-order valence-corrected chi connectivity index (χ4v) is 2.19. The van der Waals surface area contributed by atoms with Gasteiger partial charge in [-0.1, -0.05) is 0 Å². The molecule has 22 heavy (non-hydrogen) atoms. The van der Waals surface area contributed by atoms with Crippen molar-refractivity contribution in [3.05, 3.63) is 30.1 Å². The predicted octanol–water partition coefficient (Wildman–Crippen LogP) is 1.30. The van der Waals surface area contributed by atoms with Gasteiger partial charge in [0.2, 0.25) is 5.91 Å². The van der Waals surface area contributed by atoms with E-state index in [2.05, 4.69) is 0 Å². The van der Waals surface area contributed by atoms with E-state index in [4.69, 9.17) is 14.6 Å². The molecule has 1 fully saturated rings. The molecular weight excluding hydrogens is 293 g/mol. The molecule has 7 heteroatoms. The van der Waals surface area contributed by atoms with E-state index in [1.807, 2.05) is 0 Å². The van der Waals surface area contributed by atoms with Gasteiger partial charge in [0.05, 0.1) is 19.8 Å². The van der Waals surface area contributed by atoms with Gasteiger partial charge in [-0.3, -0.25) is 4.79 Å². The molecule has 0 bridgehead atoms. The van der Waals surface area contributed by atoms with Crippen LogP contribution in [-0.4, -0.2) is 54.3 Å². The quantitative estimate of drug-likeness (QED) is 0.801. The van der Waals surface area contributed by atoms with Crippen LogP contribution in [0.15, 0.2) is 24.3 Å². The zero-order valence-corrected chi connectivity index (χ0v) is 12.0. The summed E-state index contributed by atoms with van der Waals surface area (Å²) in [6.45, 7) is 0.961. The molecule has 0 spiro atoms. The highest BCUT2D eigenvalue weighted by Crippen LogP contribution is 2.13. The number of amides is 1. The number of rotatable bonds is 6. The highest BCUT2D eigenvalue weighted by Gasteiger charge is 2.32. The predicted molar refractivity (Wildman–Crippen MR) is 75.1 cm³/mol. The lowest BCUT2D eigenvalue weighted by Crippen LogP contribution is -2.52. The Morgan fingerprint density at radius 3 is 2.77 bits per heavy atom. The molecule has 1 atom stereocenters. The average molecular weight is 311 g/mol. The van der Waals surface area contributed by atoms with Crippen LogP contribution in [0.3, 0.4) is 0 Å². The maximum atomic E-state index is 12.7. The number of nitrogens with zero attached hydrogens (tertiary/aromatic N) is 1. The normalized spacial score (nSPS) is 18.0. The van der Waals surface area contributed by atoms with Crippen molar-refractivity contribution >= 4 is 11.9 Å². The van der Waals surface area contributed by atoms with Gasteiger partial charge in [-0.2, -0.15) is 0 Å². The molecule has 1 N–H and O–H groups in total. The summed E-state index contributed by atoms with van der Waals surface area (Å²) in [5.74, 6) is -1.09. The number of hydrogen-bond acceptors (Lipinski definition) is 4. The van der Waals surface area contributed by atoms with Crippen molar-refractivity contribution in [2.45, 2.75) is 18.9 Å². The summed E-state index contributed by atoms with van der Waals surface area (Å²) in [5, 5.41) is 9.07. The molecule has 1 heterocycles. The molecule has 1 amide bonds. The molecule has 1 aromatic rings. The smallest absolute Gasteiger partial charge is 0.328 e. The van der Waals surface area contributed by atoms with E-state index in [0.29, 0.717) is 25.4 Å². The summed E-state index contributed by atoms with van der Waals surface area (Å²) in [6, 6.07) is 4.70. The Hall–Kier alpha value is -2.15. The second kappa shape index (κ2) is 7.74. The van der Waals surface area contributed by atoms with Crippen LogP contribution in [0.4, 0.5) is 4.39 Å². The lowest BCUT2D eigenvalue weighted by molar-refractivity contribution is -0.158. The van der Waals surface area contributed by atoms with Crippen molar-refractivity contribution < 1.29 is 28.6 Å². The van der Waals surface area contributed by atoms with E-state index in [0.717, 1.165) is 0 Å². The lowest BCUT2D eigenvalue weighted by Gasteiger charge is -2.32. The maximum Gasteiger partial charge on any atom is 0.328 e. The van der Waals surface area contributed by atoms with Gasteiger partial charge in [0.1, 0.15) is 11.6 Å². The molecule has 1 saturated heterocycles. The molecular formula is C15H18FNO5. The van der Waals surface area contributed by atoms with Crippen LogP contribution in [0.2, 0.25) is 0 Å². The summed E-state index contributed by atoms with van der Waals surface area (Å²) in [5.41, 5.74) is 0. The zero-order valence-electron chi connectivity index (χ0n) is 12.0. The Kier molecular flexibility index (Phi) is 5.71. The van der Waals surface area contributed by atoms with Gasteiger partial charge in [-0.25, -0.2) is 9.18 Å². The fourth-order valence-electron chi connectivity index (χ4n) is 2.19. The molecule has 0 radical (unpaired) electrons. The van der Waals surface area contributed by atoms with Crippen molar-refractivity contribution in [3.63, 3.8) is 0 Å². The standard InChI is InChI=1S/C15H18FNO5/c16-11-3-5-12(6-4-11)22-8-1-2-14(18)17-7-9-21-10-13(17)15(19)20/h3-6,13H,1-2,7-10H2,(H,19,20). The largest absolute Gasteiger partial charge is 0.494 e. The number of aliphatic carboxylic acids is 1. The fraction of sp³-hybridized carbons (Fsp3) is 0.467. The summed E-state index contributed by atoms with van der Waals surface area (Å²) in [4.78, 5) is 24.5. The van der Waals surface area contributed by atoms with Gasteiger partial charge in [-0.15, -0.1) is 0 Å². The number of carbonyl (C=O) groups excluding carboxylic acids is 1. The second-order valence-electron chi connectivity index (χ2n) is 4.92. The minimum Gasteiger partial charge on any atom is -0.494 e. The van der Waals surface area contributed by atoms with Crippen molar-refractivity contribution in [3.8, 4) is 5.75 Å². The van der Waals surface area contributed by atoms with E-state index < -0.39 is 12.0 Å². The maximum absolute atomic E-state index is 12.7. The first-order valence-electron chi connectivity index (χ1n) is 7.06. The van der Waals surface area contributed by atoms with E-state index in [9.17, 15) is 14.0 Å². The Labute approximate surface area is 127 Å². The Morgan fingerprint density at radius 2 is 2.09 bits per heavy atom. The summed E-state index contributed by atoms with van der Waals surface area (Å²) in [7, 11) is 0. The number of carboxylic acid groups (broad SMARTS) is 1. The Balaban J connectivity index is 1.74. The van der Waals surface area contributed by atoms with Gasteiger partial charge in [0, 0.05) is 13.0 Å². The van der Waals surface area contributed by atoms with Gasteiger partial charge in [0.15, 0.2) is 6.04 Å².